The van der Waals surface area contributed by atoms with Gasteiger partial charge in [-0.1, -0.05) is 60.7 Å². The Kier molecular flexibility index (Phi) is 5.54. The van der Waals surface area contributed by atoms with Gasteiger partial charge in [0.2, 0.25) is 0 Å². The van der Waals surface area contributed by atoms with E-state index in [0.29, 0.717) is 0 Å². The highest BCUT2D eigenvalue weighted by Gasteiger charge is 2.26. The first-order chi connectivity index (χ1) is 13.8. The summed E-state index contributed by atoms with van der Waals surface area (Å²) in [5.41, 5.74) is 5.71. The minimum atomic E-state index is 0.281. The van der Waals surface area contributed by atoms with Crippen molar-refractivity contribution >= 4 is 12.0 Å². The van der Waals surface area contributed by atoms with E-state index in [-0.39, 0.29) is 6.04 Å². The van der Waals surface area contributed by atoms with Crippen LogP contribution in [0.5, 0.6) is 0 Å². The summed E-state index contributed by atoms with van der Waals surface area (Å²) in [5.74, 6) is 0. The second-order valence-electron chi connectivity index (χ2n) is 7.41. The van der Waals surface area contributed by atoms with E-state index in [1.807, 2.05) is 13.0 Å². The fourth-order valence-electron chi connectivity index (χ4n) is 4.11. The van der Waals surface area contributed by atoms with Gasteiger partial charge in [-0.3, -0.25) is 9.69 Å². The molecular formula is C25H26N2O. The molecule has 0 bridgehead atoms. The van der Waals surface area contributed by atoms with E-state index in [2.05, 4.69) is 82.6 Å². The normalized spacial score (nSPS) is 15.0. The van der Waals surface area contributed by atoms with Gasteiger partial charge in [-0.05, 0) is 41.8 Å². The molecule has 0 amide bonds. The molecule has 0 aromatic heterocycles. The number of aldehydes is 1. The van der Waals surface area contributed by atoms with Crippen LogP contribution in [0.15, 0.2) is 78.9 Å². The third kappa shape index (κ3) is 3.85. The van der Waals surface area contributed by atoms with Gasteiger partial charge >= 0.3 is 0 Å². The number of aryl methyl sites for hydroxylation is 1. The molecule has 0 unspecified atom stereocenters. The molecule has 0 spiro atoms. The van der Waals surface area contributed by atoms with Crippen molar-refractivity contribution in [3.8, 4) is 0 Å². The van der Waals surface area contributed by atoms with Crippen molar-refractivity contribution < 1.29 is 4.79 Å². The highest BCUT2D eigenvalue weighted by molar-refractivity contribution is 5.78. The van der Waals surface area contributed by atoms with Gasteiger partial charge in [0.05, 0.1) is 6.04 Å². The van der Waals surface area contributed by atoms with Crippen LogP contribution < -0.4 is 4.90 Å². The Labute approximate surface area is 167 Å². The predicted octanol–water partition coefficient (Wildman–Crippen LogP) is 4.72. The van der Waals surface area contributed by atoms with Gasteiger partial charge in [0.25, 0.3) is 0 Å². The van der Waals surface area contributed by atoms with Crippen LogP contribution in [0, 0.1) is 6.92 Å². The van der Waals surface area contributed by atoms with Crippen LogP contribution in [-0.4, -0.2) is 37.4 Å². The molecule has 0 atom stereocenters. The van der Waals surface area contributed by atoms with Gasteiger partial charge in [0, 0.05) is 37.4 Å². The molecule has 4 rings (SSSR count). The van der Waals surface area contributed by atoms with Crippen molar-refractivity contribution in [1.82, 2.24) is 4.90 Å². The molecular weight excluding hydrogens is 344 g/mol. The third-order valence-corrected chi connectivity index (χ3v) is 5.66. The molecule has 0 radical (unpaired) electrons. The highest BCUT2D eigenvalue weighted by Crippen LogP contribution is 2.30. The summed E-state index contributed by atoms with van der Waals surface area (Å²) < 4.78 is 0. The SMILES string of the molecule is Cc1cc(N2CCN(C(c3ccccc3)c3ccccc3)CC2)ccc1C=O. The second kappa shape index (κ2) is 8.41. The lowest BCUT2D eigenvalue weighted by molar-refractivity contribution is 0.112. The number of carbonyl (C=O) groups excluding carboxylic acids is 1. The average molecular weight is 370 g/mol. The fourth-order valence-corrected chi connectivity index (χ4v) is 4.11. The standard InChI is InChI=1S/C25H26N2O/c1-20-18-24(13-12-23(20)19-28)26-14-16-27(17-15-26)25(21-8-4-2-5-9-21)22-10-6-3-7-11-22/h2-13,18-19,25H,14-17H2,1H3. The number of carbonyl (C=O) groups is 1. The van der Waals surface area contributed by atoms with Crippen LogP contribution in [0.4, 0.5) is 5.69 Å². The number of rotatable bonds is 5. The molecule has 1 aliphatic heterocycles. The molecule has 142 valence electrons. The van der Waals surface area contributed by atoms with Gasteiger partial charge in [-0.2, -0.15) is 0 Å². The Balaban J connectivity index is 1.53. The molecule has 1 aliphatic rings. The van der Waals surface area contributed by atoms with Crippen molar-refractivity contribution in [2.75, 3.05) is 31.1 Å². The summed E-state index contributed by atoms with van der Waals surface area (Å²) in [6.07, 6.45) is 0.932. The molecule has 28 heavy (non-hydrogen) atoms. The molecule has 1 heterocycles. The lowest BCUT2D eigenvalue weighted by Crippen LogP contribution is -2.48. The topological polar surface area (TPSA) is 23.6 Å². The molecule has 3 aromatic carbocycles. The zero-order valence-corrected chi connectivity index (χ0v) is 16.3. The van der Waals surface area contributed by atoms with Gasteiger partial charge < -0.3 is 4.90 Å². The summed E-state index contributed by atoms with van der Waals surface area (Å²) in [4.78, 5) is 16.1. The van der Waals surface area contributed by atoms with E-state index in [1.165, 1.54) is 16.8 Å². The van der Waals surface area contributed by atoms with Gasteiger partial charge in [0.15, 0.2) is 0 Å². The zero-order chi connectivity index (χ0) is 19.3. The minimum absolute atomic E-state index is 0.281. The summed E-state index contributed by atoms with van der Waals surface area (Å²) in [6, 6.07) is 28.0. The molecule has 1 saturated heterocycles. The van der Waals surface area contributed by atoms with Crippen LogP contribution >= 0.6 is 0 Å². The first-order valence-corrected chi connectivity index (χ1v) is 9.91. The van der Waals surface area contributed by atoms with E-state index in [9.17, 15) is 4.79 Å². The van der Waals surface area contributed by atoms with E-state index >= 15 is 0 Å². The minimum Gasteiger partial charge on any atom is -0.369 e. The van der Waals surface area contributed by atoms with Crippen molar-refractivity contribution in [2.24, 2.45) is 0 Å². The first-order valence-electron chi connectivity index (χ1n) is 9.91. The van der Waals surface area contributed by atoms with E-state index in [1.54, 1.807) is 0 Å². The molecule has 1 fully saturated rings. The molecule has 3 aromatic rings. The van der Waals surface area contributed by atoms with Crippen molar-refractivity contribution in [1.29, 1.82) is 0 Å². The highest BCUT2D eigenvalue weighted by atomic mass is 16.1. The third-order valence-electron chi connectivity index (χ3n) is 5.66. The smallest absolute Gasteiger partial charge is 0.150 e. The van der Waals surface area contributed by atoms with Crippen molar-refractivity contribution in [2.45, 2.75) is 13.0 Å². The summed E-state index contributed by atoms with van der Waals surface area (Å²) >= 11 is 0. The maximum absolute atomic E-state index is 11.1. The van der Waals surface area contributed by atoms with Gasteiger partial charge in [-0.15, -0.1) is 0 Å². The maximum atomic E-state index is 11.1. The van der Waals surface area contributed by atoms with Crippen LogP contribution in [0.2, 0.25) is 0 Å². The van der Waals surface area contributed by atoms with Crippen LogP contribution in [0.1, 0.15) is 33.1 Å². The average Bonchev–Trinajstić information content (AvgIpc) is 2.76. The van der Waals surface area contributed by atoms with Crippen molar-refractivity contribution in [3.05, 3.63) is 101 Å². The van der Waals surface area contributed by atoms with Gasteiger partial charge in [0.1, 0.15) is 6.29 Å². The fraction of sp³-hybridized carbons (Fsp3) is 0.240. The summed E-state index contributed by atoms with van der Waals surface area (Å²) in [5, 5.41) is 0. The molecule has 0 saturated carbocycles. The van der Waals surface area contributed by atoms with E-state index in [4.69, 9.17) is 0 Å². The Hall–Kier alpha value is -2.91. The number of hydrogen-bond donors (Lipinski definition) is 0. The van der Waals surface area contributed by atoms with Crippen molar-refractivity contribution in [3.63, 3.8) is 0 Å². The predicted molar refractivity (Wildman–Crippen MR) is 115 cm³/mol. The number of piperazine rings is 1. The number of benzene rings is 3. The Bertz CT molecular complexity index is 876. The quantitative estimate of drug-likeness (QED) is 0.607. The molecule has 0 N–H and O–H groups in total. The van der Waals surface area contributed by atoms with Crippen LogP contribution in [0.25, 0.3) is 0 Å². The van der Waals surface area contributed by atoms with Crippen LogP contribution in [-0.2, 0) is 0 Å². The Morgan fingerprint density at radius 3 is 1.86 bits per heavy atom. The molecule has 3 heteroatoms. The zero-order valence-electron chi connectivity index (χ0n) is 16.3. The number of nitrogens with zero attached hydrogens (tertiary/aromatic N) is 2. The largest absolute Gasteiger partial charge is 0.369 e. The number of hydrogen-bond acceptors (Lipinski definition) is 3. The first kappa shape index (κ1) is 18.5. The Morgan fingerprint density at radius 2 is 1.36 bits per heavy atom. The monoisotopic (exact) mass is 370 g/mol. The lowest BCUT2D eigenvalue weighted by atomic mass is 9.96. The summed E-state index contributed by atoms with van der Waals surface area (Å²) in [7, 11) is 0. The van der Waals surface area contributed by atoms with E-state index in [0.717, 1.165) is 43.6 Å². The maximum Gasteiger partial charge on any atom is 0.150 e. The Morgan fingerprint density at radius 1 is 0.786 bits per heavy atom. The van der Waals surface area contributed by atoms with Gasteiger partial charge in [-0.25, -0.2) is 0 Å². The van der Waals surface area contributed by atoms with Crippen LogP contribution in [0.3, 0.4) is 0 Å². The lowest BCUT2D eigenvalue weighted by Gasteiger charge is -2.40. The number of anilines is 1. The second-order valence-corrected chi connectivity index (χ2v) is 7.41. The summed E-state index contributed by atoms with van der Waals surface area (Å²) in [6.45, 7) is 5.97. The van der Waals surface area contributed by atoms with E-state index < -0.39 is 0 Å². The molecule has 0 aliphatic carbocycles. The molecule has 3 nitrogen and oxygen atoms in total.